The van der Waals surface area contributed by atoms with Crippen molar-refractivity contribution in [3.63, 3.8) is 0 Å². The second-order valence-corrected chi connectivity index (χ2v) is 12.7. The monoisotopic (exact) mass is 604 g/mol. The van der Waals surface area contributed by atoms with Crippen molar-refractivity contribution in [3.05, 3.63) is 167 Å². The van der Waals surface area contributed by atoms with Crippen LogP contribution in [0.5, 0.6) is 0 Å². The van der Waals surface area contributed by atoms with Crippen molar-refractivity contribution < 1.29 is 0 Å². The van der Waals surface area contributed by atoms with Crippen LogP contribution >= 0.6 is 0 Å². The summed E-state index contributed by atoms with van der Waals surface area (Å²) in [6.45, 7) is 4.55. The molecule has 1 aromatic heterocycles. The van der Waals surface area contributed by atoms with E-state index in [0.29, 0.717) is 23.0 Å². The van der Waals surface area contributed by atoms with Gasteiger partial charge in [0.2, 0.25) is 0 Å². The van der Waals surface area contributed by atoms with Gasteiger partial charge in [0.25, 0.3) is 0 Å². The van der Waals surface area contributed by atoms with E-state index in [1.807, 2.05) is 72.8 Å². The molecule has 0 aliphatic heterocycles. The average Bonchev–Trinajstić information content (AvgIpc) is 3.37. The maximum atomic E-state index is 9.50. The molecule has 8 rings (SSSR count). The summed E-state index contributed by atoms with van der Waals surface area (Å²) < 4.78 is 0. The van der Waals surface area contributed by atoms with E-state index in [9.17, 15) is 5.26 Å². The number of nitriles is 1. The molecule has 0 saturated carbocycles. The number of allylic oxidation sites excluding steroid dienone is 4. The number of rotatable bonds is 5. The van der Waals surface area contributed by atoms with Gasteiger partial charge in [0.15, 0.2) is 17.5 Å². The summed E-state index contributed by atoms with van der Waals surface area (Å²) in [6.07, 6.45) is 5.78. The molecule has 0 saturated heterocycles. The van der Waals surface area contributed by atoms with Gasteiger partial charge >= 0.3 is 0 Å². The van der Waals surface area contributed by atoms with E-state index < -0.39 is 0 Å². The van der Waals surface area contributed by atoms with Crippen LogP contribution in [0.4, 0.5) is 0 Å². The van der Waals surface area contributed by atoms with Gasteiger partial charge in [-0.15, -0.1) is 0 Å². The third-order valence-electron chi connectivity index (χ3n) is 9.54. The predicted molar refractivity (Wildman–Crippen MR) is 189 cm³/mol. The first-order chi connectivity index (χ1) is 23.0. The number of aromatic nitrogens is 3. The van der Waals surface area contributed by atoms with Crippen molar-refractivity contribution in [3.8, 4) is 51.4 Å². The molecule has 2 aliphatic carbocycles. The molecule has 1 unspecified atom stereocenters. The van der Waals surface area contributed by atoms with Crippen molar-refractivity contribution in [2.45, 2.75) is 31.6 Å². The second kappa shape index (κ2) is 11.5. The van der Waals surface area contributed by atoms with Gasteiger partial charge in [0.05, 0.1) is 11.6 Å². The zero-order chi connectivity index (χ0) is 32.0. The SMILES string of the molecule is CC1(C)C2=CC(c3ccc(-c4ccccc4-c4nc(-c5ccccc5)nc(-c5ccccc5)n4)cc3)CC=C2c2ccc(C#N)cc21. The lowest BCUT2D eigenvalue weighted by Gasteiger charge is -2.27. The molecule has 4 nitrogen and oxygen atoms in total. The maximum absolute atomic E-state index is 9.50. The summed E-state index contributed by atoms with van der Waals surface area (Å²) in [5, 5.41) is 9.50. The van der Waals surface area contributed by atoms with E-state index in [1.165, 1.54) is 27.8 Å². The molecule has 6 aromatic rings. The van der Waals surface area contributed by atoms with Crippen LogP contribution in [0.15, 0.2) is 145 Å². The van der Waals surface area contributed by atoms with Crippen molar-refractivity contribution in [1.29, 1.82) is 5.26 Å². The Morgan fingerprint density at radius 2 is 1.21 bits per heavy atom. The van der Waals surface area contributed by atoms with E-state index in [1.54, 1.807) is 0 Å². The molecule has 0 spiro atoms. The zero-order valence-electron chi connectivity index (χ0n) is 26.4. The lowest BCUT2D eigenvalue weighted by Crippen LogP contribution is -2.17. The van der Waals surface area contributed by atoms with E-state index in [0.717, 1.165) is 34.2 Å². The van der Waals surface area contributed by atoms with Gasteiger partial charge in [-0.25, -0.2) is 15.0 Å². The second-order valence-electron chi connectivity index (χ2n) is 12.7. The van der Waals surface area contributed by atoms with Crippen LogP contribution in [0, 0.1) is 11.3 Å². The summed E-state index contributed by atoms with van der Waals surface area (Å²) in [7, 11) is 0. The average molecular weight is 605 g/mol. The molecule has 0 bridgehead atoms. The first-order valence-corrected chi connectivity index (χ1v) is 16.0. The van der Waals surface area contributed by atoms with Crippen LogP contribution < -0.4 is 0 Å². The van der Waals surface area contributed by atoms with Crippen LogP contribution in [0.3, 0.4) is 0 Å². The molecular formula is C43H32N4. The molecule has 1 atom stereocenters. The smallest absolute Gasteiger partial charge is 0.164 e. The minimum absolute atomic E-state index is 0.146. The van der Waals surface area contributed by atoms with Crippen LogP contribution in [-0.4, -0.2) is 15.0 Å². The van der Waals surface area contributed by atoms with Gasteiger partial charge in [0.1, 0.15) is 0 Å². The maximum Gasteiger partial charge on any atom is 0.164 e. The van der Waals surface area contributed by atoms with Gasteiger partial charge in [-0.05, 0) is 57.5 Å². The summed E-state index contributed by atoms with van der Waals surface area (Å²) in [4.78, 5) is 14.9. The Kier molecular flexibility index (Phi) is 6.96. The highest BCUT2D eigenvalue weighted by Gasteiger charge is 2.40. The fourth-order valence-corrected chi connectivity index (χ4v) is 7.03. The Balaban J connectivity index is 1.15. The number of hydrogen-bond donors (Lipinski definition) is 0. The molecule has 47 heavy (non-hydrogen) atoms. The standard InChI is InChI=1S/C43H32N4/c1-43(2)38-25-28(27-44)17-23-35(38)36-24-22-33(26-39(36)43)29-18-20-30(21-19-29)34-15-9-10-16-37(34)42-46-40(31-11-5-3-6-12-31)45-41(47-42)32-13-7-4-8-14-32/h3-21,23-26,33H,22H2,1-2H3. The minimum atomic E-state index is -0.146. The van der Waals surface area contributed by atoms with E-state index >= 15 is 0 Å². The number of fused-ring (bicyclic) bond motifs is 3. The predicted octanol–water partition coefficient (Wildman–Crippen LogP) is 10.2. The summed E-state index contributed by atoms with van der Waals surface area (Å²) in [5.41, 5.74) is 12.1. The fourth-order valence-electron chi connectivity index (χ4n) is 7.03. The normalized spacial score (nSPS) is 16.0. The van der Waals surface area contributed by atoms with Crippen LogP contribution in [0.25, 0.3) is 50.9 Å². The van der Waals surface area contributed by atoms with Crippen molar-refractivity contribution in [2.75, 3.05) is 0 Å². The van der Waals surface area contributed by atoms with Gasteiger partial charge in [0, 0.05) is 28.0 Å². The Morgan fingerprint density at radius 3 is 1.85 bits per heavy atom. The van der Waals surface area contributed by atoms with Crippen LogP contribution in [0.2, 0.25) is 0 Å². The Hall–Kier alpha value is -5.92. The van der Waals surface area contributed by atoms with Crippen molar-refractivity contribution in [1.82, 2.24) is 15.0 Å². The Bertz CT molecular complexity index is 2180. The molecular weight excluding hydrogens is 573 g/mol. The first kappa shape index (κ1) is 28.5. The largest absolute Gasteiger partial charge is 0.208 e. The number of hydrogen-bond acceptors (Lipinski definition) is 4. The molecule has 0 amide bonds. The van der Waals surface area contributed by atoms with Gasteiger partial charge in [-0.1, -0.05) is 141 Å². The topological polar surface area (TPSA) is 62.5 Å². The van der Waals surface area contributed by atoms with E-state index in [2.05, 4.69) is 86.7 Å². The highest BCUT2D eigenvalue weighted by molar-refractivity contribution is 5.91. The van der Waals surface area contributed by atoms with Gasteiger partial charge in [-0.2, -0.15) is 5.26 Å². The van der Waals surface area contributed by atoms with Crippen molar-refractivity contribution in [2.24, 2.45) is 0 Å². The number of nitrogens with zero attached hydrogens (tertiary/aromatic N) is 4. The van der Waals surface area contributed by atoms with Crippen LogP contribution in [0.1, 0.15) is 48.4 Å². The van der Waals surface area contributed by atoms with E-state index in [-0.39, 0.29) is 11.3 Å². The summed E-state index contributed by atoms with van der Waals surface area (Å²) in [5.74, 6) is 2.23. The third-order valence-corrected chi connectivity index (χ3v) is 9.54. The van der Waals surface area contributed by atoms with Crippen LogP contribution in [-0.2, 0) is 5.41 Å². The number of benzene rings is 5. The molecule has 5 aromatic carbocycles. The molecule has 1 heterocycles. The lowest BCUT2D eigenvalue weighted by atomic mass is 9.77. The van der Waals surface area contributed by atoms with Gasteiger partial charge in [-0.3, -0.25) is 0 Å². The van der Waals surface area contributed by atoms with Crippen molar-refractivity contribution >= 4 is 5.57 Å². The fraction of sp³-hybridized carbons (Fsp3) is 0.116. The highest BCUT2D eigenvalue weighted by atomic mass is 15.0. The minimum Gasteiger partial charge on any atom is -0.208 e. The zero-order valence-corrected chi connectivity index (χ0v) is 26.4. The molecule has 0 fully saturated rings. The third kappa shape index (κ3) is 5.07. The highest BCUT2D eigenvalue weighted by Crippen LogP contribution is 2.53. The molecule has 0 N–H and O–H groups in total. The van der Waals surface area contributed by atoms with Gasteiger partial charge < -0.3 is 0 Å². The summed E-state index contributed by atoms with van der Waals surface area (Å²) >= 11 is 0. The molecule has 224 valence electrons. The Morgan fingerprint density at radius 1 is 0.617 bits per heavy atom. The molecule has 2 aliphatic rings. The Labute approximate surface area is 275 Å². The quantitative estimate of drug-likeness (QED) is 0.196. The van der Waals surface area contributed by atoms with E-state index in [4.69, 9.17) is 15.0 Å². The first-order valence-electron chi connectivity index (χ1n) is 16.0. The summed E-state index contributed by atoms with van der Waals surface area (Å²) in [6, 6.07) is 45.9. The lowest BCUT2D eigenvalue weighted by molar-refractivity contribution is 0.648. The molecule has 0 radical (unpaired) electrons. The molecule has 4 heteroatoms.